The smallest absolute Gasteiger partial charge is 0.254 e. The number of carbonyl (C=O) groups excluding carboxylic acids is 1. The van der Waals surface area contributed by atoms with Crippen LogP contribution in [-0.4, -0.2) is 48.4 Å². The Morgan fingerprint density at radius 3 is 2.46 bits per heavy atom. The summed E-state index contributed by atoms with van der Waals surface area (Å²) in [6.45, 7) is 7.38. The Bertz CT molecular complexity index is 574. The topological polar surface area (TPSA) is 49.6 Å². The van der Waals surface area contributed by atoms with Crippen LogP contribution < -0.4 is 5.73 Å². The molecule has 0 radical (unpaired) electrons. The van der Waals surface area contributed by atoms with Crippen LogP contribution in [0.15, 0.2) is 18.2 Å². The number of hydrogen-bond donors (Lipinski definition) is 1. The van der Waals surface area contributed by atoms with Gasteiger partial charge in [0.15, 0.2) is 0 Å². The lowest BCUT2D eigenvalue weighted by Crippen LogP contribution is -2.44. The second kappa shape index (κ2) is 11.0. The molecule has 0 aliphatic carbocycles. The maximum absolute atomic E-state index is 12.9. The molecule has 1 atom stereocenters. The second-order valence-electron chi connectivity index (χ2n) is 7.55. The molecule has 4 nitrogen and oxygen atoms in total. The molecule has 2 saturated heterocycles. The zero-order valence-corrected chi connectivity index (χ0v) is 17.4. The molecule has 0 spiro atoms. The summed E-state index contributed by atoms with van der Waals surface area (Å²) in [5.74, 6) is 0.766. The van der Waals surface area contributed by atoms with E-state index in [1.54, 1.807) is 0 Å². The summed E-state index contributed by atoms with van der Waals surface area (Å²) in [5, 5.41) is 0. The van der Waals surface area contributed by atoms with Gasteiger partial charge in [0.25, 0.3) is 5.91 Å². The fourth-order valence-corrected chi connectivity index (χ4v) is 4.12. The van der Waals surface area contributed by atoms with Crippen molar-refractivity contribution in [2.45, 2.75) is 45.4 Å². The molecule has 0 saturated carbocycles. The highest BCUT2D eigenvalue weighted by Gasteiger charge is 2.26. The van der Waals surface area contributed by atoms with Gasteiger partial charge >= 0.3 is 0 Å². The zero-order valence-electron chi connectivity index (χ0n) is 15.8. The van der Waals surface area contributed by atoms with Crippen LogP contribution in [0.25, 0.3) is 0 Å². The number of hydrogen-bond acceptors (Lipinski definition) is 3. The summed E-state index contributed by atoms with van der Waals surface area (Å²) in [6.07, 6.45) is 7.78. The number of rotatable bonds is 3. The van der Waals surface area contributed by atoms with Crippen molar-refractivity contribution in [2.75, 3.05) is 38.5 Å². The summed E-state index contributed by atoms with van der Waals surface area (Å²) >= 11 is 0. The third-order valence-corrected chi connectivity index (χ3v) is 5.51. The van der Waals surface area contributed by atoms with Gasteiger partial charge in [-0.1, -0.05) is 18.9 Å². The normalized spacial score (nSPS) is 21.3. The molecule has 2 aliphatic rings. The van der Waals surface area contributed by atoms with Crippen LogP contribution in [-0.2, 0) is 0 Å². The largest absolute Gasteiger partial charge is 0.399 e. The fourth-order valence-electron chi connectivity index (χ4n) is 4.12. The number of aryl methyl sites for hydroxylation is 1. The lowest BCUT2D eigenvalue weighted by Gasteiger charge is -2.35. The van der Waals surface area contributed by atoms with E-state index in [4.69, 9.17) is 5.73 Å². The van der Waals surface area contributed by atoms with E-state index in [2.05, 4.69) is 4.90 Å². The summed E-state index contributed by atoms with van der Waals surface area (Å²) in [6, 6.07) is 5.64. The number of nitrogens with zero attached hydrogens (tertiary/aromatic N) is 2. The highest BCUT2D eigenvalue weighted by Crippen LogP contribution is 2.23. The van der Waals surface area contributed by atoms with Crippen molar-refractivity contribution in [2.24, 2.45) is 5.92 Å². The zero-order chi connectivity index (χ0) is 16.9. The van der Waals surface area contributed by atoms with Crippen molar-refractivity contribution in [1.82, 2.24) is 9.80 Å². The van der Waals surface area contributed by atoms with E-state index in [0.29, 0.717) is 11.6 Å². The summed E-state index contributed by atoms with van der Waals surface area (Å²) < 4.78 is 0. The van der Waals surface area contributed by atoms with E-state index >= 15 is 0 Å². The van der Waals surface area contributed by atoms with Gasteiger partial charge in [-0.3, -0.25) is 4.79 Å². The average molecular weight is 402 g/mol. The second-order valence-corrected chi connectivity index (χ2v) is 7.55. The van der Waals surface area contributed by atoms with E-state index in [9.17, 15) is 4.79 Å². The van der Waals surface area contributed by atoms with E-state index < -0.39 is 0 Å². The number of nitrogens with two attached hydrogens (primary N) is 1. The van der Waals surface area contributed by atoms with Crippen molar-refractivity contribution in [3.63, 3.8) is 0 Å². The number of piperidine rings is 1. The molecule has 1 aromatic rings. The Morgan fingerprint density at radius 1 is 1.08 bits per heavy atom. The molecule has 0 aromatic heterocycles. The standard InChI is InChI=1S/C20H31N3O.2ClH/c1-16-8-9-18(21)13-19(16)20(24)23-12-6-7-17(15-23)14-22-10-4-2-3-5-11-22;;/h8-9,13,17H,2-7,10-12,14-15,21H2,1H3;2*1H. The van der Waals surface area contributed by atoms with Crippen LogP contribution in [0.4, 0.5) is 5.69 Å². The van der Waals surface area contributed by atoms with Gasteiger partial charge in [-0.05, 0) is 69.3 Å². The quantitative estimate of drug-likeness (QED) is 0.773. The summed E-state index contributed by atoms with van der Waals surface area (Å²) in [7, 11) is 0. The minimum atomic E-state index is 0. The lowest BCUT2D eigenvalue weighted by atomic mass is 9.96. The maximum Gasteiger partial charge on any atom is 0.254 e. The Morgan fingerprint density at radius 2 is 1.77 bits per heavy atom. The molecular formula is C20H33Cl2N3O. The monoisotopic (exact) mass is 401 g/mol. The van der Waals surface area contributed by atoms with Crippen molar-refractivity contribution in [1.29, 1.82) is 0 Å². The number of amides is 1. The molecule has 148 valence electrons. The first-order valence-corrected chi connectivity index (χ1v) is 9.51. The third-order valence-electron chi connectivity index (χ3n) is 5.51. The molecule has 26 heavy (non-hydrogen) atoms. The van der Waals surface area contributed by atoms with Crippen molar-refractivity contribution < 1.29 is 4.79 Å². The van der Waals surface area contributed by atoms with Gasteiger partial charge < -0.3 is 15.5 Å². The van der Waals surface area contributed by atoms with Crippen molar-refractivity contribution in [3.8, 4) is 0 Å². The first-order valence-electron chi connectivity index (χ1n) is 9.51. The van der Waals surface area contributed by atoms with Crippen LogP contribution in [0.1, 0.15) is 54.4 Å². The van der Waals surface area contributed by atoms with Crippen LogP contribution in [0.3, 0.4) is 0 Å². The molecule has 2 N–H and O–H groups in total. The molecule has 3 rings (SSSR count). The predicted octanol–water partition coefficient (Wildman–Crippen LogP) is 4.15. The predicted molar refractivity (Wildman–Crippen MR) is 114 cm³/mol. The Kier molecular flexibility index (Phi) is 9.77. The minimum absolute atomic E-state index is 0. The van der Waals surface area contributed by atoms with E-state index in [1.807, 2.05) is 30.0 Å². The Labute approximate surface area is 170 Å². The molecule has 6 heteroatoms. The number of benzene rings is 1. The molecule has 1 aromatic carbocycles. The number of carbonyl (C=O) groups is 1. The van der Waals surface area contributed by atoms with E-state index in [1.165, 1.54) is 45.2 Å². The van der Waals surface area contributed by atoms with Crippen LogP contribution in [0.5, 0.6) is 0 Å². The average Bonchev–Trinajstić information content (AvgIpc) is 2.85. The Balaban J connectivity index is 0.00000169. The Hall–Kier alpha value is -0.970. The van der Waals surface area contributed by atoms with Gasteiger partial charge in [0.1, 0.15) is 0 Å². The van der Waals surface area contributed by atoms with Crippen LogP contribution >= 0.6 is 24.8 Å². The van der Waals surface area contributed by atoms with Crippen LogP contribution in [0.2, 0.25) is 0 Å². The first kappa shape index (κ1) is 23.1. The molecule has 2 aliphatic heterocycles. The third kappa shape index (κ3) is 6.04. The number of nitrogen functional groups attached to an aromatic ring is 1. The van der Waals surface area contributed by atoms with Gasteiger partial charge in [0.05, 0.1) is 0 Å². The van der Waals surface area contributed by atoms with E-state index in [0.717, 1.165) is 37.2 Å². The van der Waals surface area contributed by atoms with Gasteiger partial charge in [-0.15, -0.1) is 24.8 Å². The summed E-state index contributed by atoms with van der Waals surface area (Å²) in [4.78, 5) is 17.6. The van der Waals surface area contributed by atoms with Gasteiger partial charge in [0.2, 0.25) is 0 Å². The van der Waals surface area contributed by atoms with Crippen molar-refractivity contribution in [3.05, 3.63) is 29.3 Å². The number of anilines is 1. The van der Waals surface area contributed by atoms with Crippen molar-refractivity contribution >= 4 is 36.4 Å². The van der Waals surface area contributed by atoms with Gasteiger partial charge in [0, 0.05) is 30.9 Å². The highest BCUT2D eigenvalue weighted by atomic mass is 35.5. The minimum Gasteiger partial charge on any atom is -0.399 e. The molecule has 1 unspecified atom stereocenters. The maximum atomic E-state index is 12.9. The number of halogens is 2. The van der Waals surface area contributed by atoms with E-state index in [-0.39, 0.29) is 30.7 Å². The molecule has 2 heterocycles. The SMILES string of the molecule is Cc1ccc(N)cc1C(=O)N1CCCC(CN2CCCCCC2)C1.Cl.Cl. The highest BCUT2D eigenvalue weighted by molar-refractivity contribution is 5.96. The molecule has 0 bridgehead atoms. The van der Waals surface area contributed by atoms with Crippen LogP contribution in [0, 0.1) is 12.8 Å². The molecular weight excluding hydrogens is 369 g/mol. The van der Waals surface area contributed by atoms with Gasteiger partial charge in [-0.25, -0.2) is 0 Å². The fraction of sp³-hybridized carbons (Fsp3) is 0.650. The first-order chi connectivity index (χ1) is 11.6. The lowest BCUT2D eigenvalue weighted by molar-refractivity contribution is 0.0640. The molecule has 1 amide bonds. The van der Waals surface area contributed by atoms with Gasteiger partial charge in [-0.2, -0.15) is 0 Å². The molecule has 2 fully saturated rings. The summed E-state index contributed by atoms with van der Waals surface area (Å²) in [5.41, 5.74) is 8.34. The number of likely N-dealkylation sites (tertiary alicyclic amines) is 2.